The molecule has 2 fully saturated rings. The van der Waals surface area contributed by atoms with Crippen LogP contribution in [-0.4, -0.2) is 53.5 Å². The van der Waals surface area contributed by atoms with Crippen molar-refractivity contribution in [2.24, 2.45) is 5.92 Å². The standard InChI is InChI=1S/C23H33N5O2/c1-17(2)16-26-11-13-27(14-12-26)21-15-25-28(20-10-6-5-9-19(20)24)23(29)22(21)30-18-7-3-4-8-18/h5-6,9-10,15,17-18H,3-4,7-8,11-14,16,24H2,1-2H3. The van der Waals surface area contributed by atoms with Gasteiger partial charge in [-0.15, -0.1) is 0 Å². The molecule has 7 nitrogen and oxygen atoms in total. The minimum atomic E-state index is -0.234. The van der Waals surface area contributed by atoms with Crippen molar-refractivity contribution < 1.29 is 4.74 Å². The highest BCUT2D eigenvalue weighted by atomic mass is 16.5. The van der Waals surface area contributed by atoms with E-state index in [1.807, 2.05) is 18.2 Å². The Kier molecular flexibility index (Phi) is 6.27. The smallest absolute Gasteiger partial charge is 0.316 e. The molecule has 1 aromatic carbocycles. The normalized spacial score (nSPS) is 18.3. The van der Waals surface area contributed by atoms with E-state index < -0.39 is 0 Å². The van der Waals surface area contributed by atoms with Crippen LogP contribution >= 0.6 is 0 Å². The van der Waals surface area contributed by atoms with Crippen LogP contribution in [0.25, 0.3) is 5.69 Å². The van der Waals surface area contributed by atoms with Gasteiger partial charge >= 0.3 is 5.56 Å². The lowest BCUT2D eigenvalue weighted by atomic mass is 10.2. The lowest BCUT2D eigenvalue weighted by Gasteiger charge is -2.37. The average Bonchev–Trinajstić information content (AvgIpc) is 3.24. The molecule has 2 heterocycles. The van der Waals surface area contributed by atoms with Gasteiger partial charge in [0.15, 0.2) is 0 Å². The van der Waals surface area contributed by atoms with Gasteiger partial charge in [-0.25, -0.2) is 0 Å². The van der Waals surface area contributed by atoms with Crippen LogP contribution in [0, 0.1) is 5.92 Å². The maximum Gasteiger partial charge on any atom is 0.316 e. The van der Waals surface area contributed by atoms with Gasteiger partial charge in [0.05, 0.1) is 23.7 Å². The average molecular weight is 412 g/mol. The molecule has 1 saturated heterocycles. The van der Waals surface area contributed by atoms with Crippen molar-refractivity contribution in [3.05, 3.63) is 40.8 Å². The summed E-state index contributed by atoms with van der Waals surface area (Å²) in [4.78, 5) is 18.2. The molecule has 2 aromatic rings. The number of aromatic nitrogens is 2. The maximum atomic E-state index is 13.5. The van der Waals surface area contributed by atoms with E-state index in [1.54, 1.807) is 12.3 Å². The van der Waals surface area contributed by atoms with Gasteiger partial charge < -0.3 is 15.4 Å². The maximum absolute atomic E-state index is 13.5. The number of nitrogen functional groups attached to an aromatic ring is 1. The Bertz CT molecular complexity index is 912. The first-order valence-electron chi connectivity index (χ1n) is 11.1. The number of hydrogen-bond acceptors (Lipinski definition) is 6. The molecule has 0 radical (unpaired) electrons. The molecule has 2 aliphatic rings. The molecule has 0 spiro atoms. The molecule has 162 valence electrons. The van der Waals surface area contributed by atoms with Gasteiger partial charge in [0, 0.05) is 32.7 Å². The van der Waals surface area contributed by atoms with Crippen molar-refractivity contribution in [2.45, 2.75) is 45.6 Å². The molecule has 1 aliphatic heterocycles. The summed E-state index contributed by atoms with van der Waals surface area (Å²) in [5.41, 5.74) is 7.80. The summed E-state index contributed by atoms with van der Waals surface area (Å²) in [7, 11) is 0. The number of anilines is 2. The highest BCUT2D eigenvalue weighted by Crippen LogP contribution is 2.30. The van der Waals surface area contributed by atoms with Crippen molar-refractivity contribution in [2.75, 3.05) is 43.4 Å². The topological polar surface area (TPSA) is 76.6 Å². The highest BCUT2D eigenvalue weighted by molar-refractivity contribution is 5.60. The Morgan fingerprint density at radius 3 is 2.47 bits per heavy atom. The van der Waals surface area contributed by atoms with Crippen LogP contribution in [0.5, 0.6) is 5.75 Å². The summed E-state index contributed by atoms with van der Waals surface area (Å²) in [5, 5.41) is 4.48. The van der Waals surface area contributed by atoms with Crippen LogP contribution in [0.4, 0.5) is 11.4 Å². The number of hydrogen-bond donors (Lipinski definition) is 1. The van der Waals surface area contributed by atoms with E-state index in [1.165, 1.54) is 4.68 Å². The Balaban J connectivity index is 1.65. The zero-order valence-corrected chi connectivity index (χ0v) is 18.1. The summed E-state index contributed by atoms with van der Waals surface area (Å²) < 4.78 is 7.69. The molecule has 1 aromatic heterocycles. The molecule has 0 bridgehead atoms. The van der Waals surface area contributed by atoms with Crippen molar-refractivity contribution >= 4 is 11.4 Å². The van der Waals surface area contributed by atoms with Gasteiger partial charge in [-0.3, -0.25) is 9.69 Å². The number of nitrogens with two attached hydrogens (primary N) is 1. The fourth-order valence-corrected chi connectivity index (χ4v) is 4.48. The second-order valence-electron chi connectivity index (χ2n) is 8.84. The van der Waals surface area contributed by atoms with E-state index in [2.05, 4.69) is 28.7 Å². The summed E-state index contributed by atoms with van der Waals surface area (Å²) in [6, 6.07) is 7.31. The monoisotopic (exact) mass is 411 g/mol. The van der Waals surface area contributed by atoms with E-state index in [0.717, 1.165) is 64.1 Å². The third-order valence-corrected chi connectivity index (χ3v) is 6.00. The third-order valence-electron chi connectivity index (χ3n) is 6.00. The summed E-state index contributed by atoms with van der Waals surface area (Å²) in [6.45, 7) is 9.30. The second kappa shape index (κ2) is 9.08. The first-order valence-corrected chi connectivity index (χ1v) is 11.1. The fraction of sp³-hybridized carbons (Fsp3) is 0.565. The zero-order chi connectivity index (χ0) is 21.1. The summed E-state index contributed by atoms with van der Waals surface area (Å²) >= 11 is 0. The number of para-hydroxylation sites is 2. The van der Waals surface area contributed by atoms with Crippen LogP contribution in [0.1, 0.15) is 39.5 Å². The predicted molar refractivity (Wildman–Crippen MR) is 121 cm³/mol. The Morgan fingerprint density at radius 1 is 1.10 bits per heavy atom. The van der Waals surface area contributed by atoms with Crippen molar-refractivity contribution in [1.29, 1.82) is 0 Å². The lowest BCUT2D eigenvalue weighted by Crippen LogP contribution is -2.48. The molecule has 0 amide bonds. The third kappa shape index (κ3) is 4.46. The lowest BCUT2D eigenvalue weighted by molar-refractivity contribution is 0.203. The van der Waals surface area contributed by atoms with Gasteiger partial charge in [-0.2, -0.15) is 9.78 Å². The van der Waals surface area contributed by atoms with Crippen LogP contribution in [0.15, 0.2) is 35.3 Å². The minimum absolute atomic E-state index is 0.0997. The van der Waals surface area contributed by atoms with E-state index in [4.69, 9.17) is 10.5 Å². The number of benzene rings is 1. The first-order chi connectivity index (χ1) is 14.5. The molecule has 7 heteroatoms. The van der Waals surface area contributed by atoms with E-state index >= 15 is 0 Å². The number of rotatable bonds is 6. The molecular weight excluding hydrogens is 378 g/mol. The molecule has 4 rings (SSSR count). The molecule has 1 saturated carbocycles. The Labute approximate surface area is 178 Å². The van der Waals surface area contributed by atoms with Gasteiger partial charge in [-0.05, 0) is 43.7 Å². The van der Waals surface area contributed by atoms with Gasteiger partial charge in [0.1, 0.15) is 5.69 Å². The van der Waals surface area contributed by atoms with Crippen LogP contribution in [0.3, 0.4) is 0 Å². The summed E-state index contributed by atoms with van der Waals surface area (Å²) in [5.74, 6) is 1.07. The Hall–Kier alpha value is -2.54. The van der Waals surface area contributed by atoms with Crippen molar-refractivity contribution in [3.63, 3.8) is 0 Å². The fourth-order valence-electron chi connectivity index (χ4n) is 4.48. The molecule has 30 heavy (non-hydrogen) atoms. The van der Waals surface area contributed by atoms with Gasteiger partial charge in [0.25, 0.3) is 0 Å². The SMILES string of the molecule is CC(C)CN1CCN(c2cnn(-c3ccccc3N)c(=O)c2OC2CCCC2)CC1. The number of ether oxygens (including phenoxy) is 1. The van der Waals surface area contributed by atoms with Crippen LogP contribution in [-0.2, 0) is 0 Å². The van der Waals surface area contributed by atoms with E-state index in [9.17, 15) is 4.79 Å². The molecular formula is C23H33N5O2. The quantitative estimate of drug-likeness (QED) is 0.737. The predicted octanol–water partition coefficient (Wildman–Crippen LogP) is 2.91. The molecule has 0 unspecified atom stereocenters. The van der Waals surface area contributed by atoms with Crippen LogP contribution in [0.2, 0.25) is 0 Å². The molecule has 0 atom stereocenters. The van der Waals surface area contributed by atoms with Crippen LogP contribution < -0.4 is 20.9 Å². The zero-order valence-electron chi connectivity index (χ0n) is 18.1. The number of nitrogens with zero attached hydrogens (tertiary/aromatic N) is 4. The van der Waals surface area contributed by atoms with Crippen molar-refractivity contribution in [3.8, 4) is 11.4 Å². The van der Waals surface area contributed by atoms with Gasteiger partial charge in [-0.1, -0.05) is 26.0 Å². The van der Waals surface area contributed by atoms with E-state index in [-0.39, 0.29) is 11.7 Å². The Morgan fingerprint density at radius 2 is 1.80 bits per heavy atom. The highest BCUT2D eigenvalue weighted by Gasteiger charge is 2.27. The molecule has 1 aliphatic carbocycles. The number of piperazine rings is 1. The van der Waals surface area contributed by atoms with Crippen molar-refractivity contribution in [1.82, 2.24) is 14.7 Å². The minimum Gasteiger partial charge on any atom is -0.483 e. The molecule has 2 N–H and O–H groups in total. The van der Waals surface area contributed by atoms with Gasteiger partial charge in [0.2, 0.25) is 5.75 Å². The first kappa shape index (κ1) is 20.7. The second-order valence-corrected chi connectivity index (χ2v) is 8.84. The van der Waals surface area contributed by atoms with E-state index in [0.29, 0.717) is 23.0 Å². The largest absolute Gasteiger partial charge is 0.483 e. The summed E-state index contributed by atoms with van der Waals surface area (Å²) in [6.07, 6.45) is 6.17.